The highest BCUT2D eigenvalue weighted by Gasteiger charge is 2.09. The molecular weight excluding hydrogens is 238 g/mol. The molecule has 2 aromatic rings. The number of rotatable bonds is 4. The predicted octanol–water partition coefficient (Wildman–Crippen LogP) is 2.53. The number of hydrogen-bond donors (Lipinski definition) is 2. The lowest BCUT2D eigenvalue weighted by molar-refractivity contribution is 0.424. The Bertz CT molecular complexity index is 523. The topological polar surface area (TPSA) is 50.1 Å². The summed E-state index contributed by atoms with van der Waals surface area (Å²) in [6.07, 6.45) is 3.94. The van der Waals surface area contributed by atoms with Crippen LogP contribution in [0.1, 0.15) is 31.9 Å². The molecule has 0 spiro atoms. The third-order valence-electron chi connectivity index (χ3n) is 2.79. The molecule has 4 nitrogen and oxygen atoms in total. The molecule has 0 aliphatic rings. The first kappa shape index (κ1) is 13.6. The van der Waals surface area contributed by atoms with Gasteiger partial charge in [-0.1, -0.05) is 12.1 Å². The van der Waals surface area contributed by atoms with Crippen molar-refractivity contribution in [2.24, 2.45) is 0 Å². The molecule has 0 aliphatic heterocycles. The zero-order valence-corrected chi connectivity index (χ0v) is 11.7. The molecule has 1 aromatic heterocycles. The van der Waals surface area contributed by atoms with Crippen LogP contribution < -0.4 is 5.32 Å². The fourth-order valence-electron chi connectivity index (χ4n) is 1.74. The third-order valence-corrected chi connectivity index (χ3v) is 2.79. The summed E-state index contributed by atoms with van der Waals surface area (Å²) >= 11 is 0. The van der Waals surface area contributed by atoms with E-state index in [0.29, 0.717) is 5.75 Å². The molecule has 0 fully saturated rings. The van der Waals surface area contributed by atoms with Crippen LogP contribution in [0.25, 0.3) is 0 Å². The second kappa shape index (κ2) is 5.45. The standard InChI is InChI=1S/C15H21N3O/c1-15(2,3)16-8-13-9-17-18(11-13)10-12-4-6-14(19)7-5-12/h4-7,9,11,16,19H,8,10H2,1-3H3. The Labute approximate surface area is 114 Å². The summed E-state index contributed by atoms with van der Waals surface area (Å²) in [6, 6.07) is 7.20. The molecule has 0 amide bonds. The van der Waals surface area contributed by atoms with Crippen molar-refractivity contribution in [3.63, 3.8) is 0 Å². The molecule has 0 radical (unpaired) electrons. The Balaban J connectivity index is 1.95. The summed E-state index contributed by atoms with van der Waals surface area (Å²) in [5.74, 6) is 0.291. The van der Waals surface area contributed by atoms with Crippen LogP contribution in [0, 0.1) is 0 Å². The van der Waals surface area contributed by atoms with Crippen LogP contribution in [0.5, 0.6) is 5.75 Å². The van der Waals surface area contributed by atoms with Crippen LogP contribution in [-0.2, 0) is 13.1 Å². The lowest BCUT2D eigenvalue weighted by atomic mass is 10.1. The van der Waals surface area contributed by atoms with E-state index in [0.717, 1.165) is 18.7 Å². The van der Waals surface area contributed by atoms with E-state index in [1.165, 1.54) is 5.56 Å². The molecule has 1 aromatic carbocycles. The smallest absolute Gasteiger partial charge is 0.115 e. The van der Waals surface area contributed by atoms with Gasteiger partial charge in [0.05, 0.1) is 12.7 Å². The maximum atomic E-state index is 9.24. The number of benzene rings is 1. The van der Waals surface area contributed by atoms with Gasteiger partial charge in [-0.15, -0.1) is 0 Å². The number of nitrogens with one attached hydrogen (secondary N) is 1. The van der Waals surface area contributed by atoms with Gasteiger partial charge in [-0.3, -0.25) is 4.68 Å². The largest absolute Gasteiger partial charge is 0.508 e. The monoisotopic (exact) mass is 259 g/mol. The third kappa shape index (κ3) is 4.41. The summed E-state index contributed by atoms with van der Waals surface area (Å²) in [4.78, 5) is 0. The van der Waals surface area contributed by atoms with Crippen molar-refractivity contribution in [2.45, 2.75) is 39.4 Å². The zero-order valence-electron chi connectivity index (χ0n) is 11.7. The summed E-state index contributed by atoms with van der Waals surface area (Å²) in [6.45, 7) is 7.98. The van der Waals surface area contributed by atoms with E-state index in [2.05, 4.69) is 31.2 Å². The minimum absolute atomic E-state index is 0.110. The van der Waals surface area contributed by atoms with Crippen molar-refractivity contribution in [1.29, 1.82) is 0 Å². The Kier molecular flexibility index (Phi) is 3.90. The number of phenolic OH excluding ortho intramolecular Hbond substituents is 1. The molecule has 0 bridgehead atoms. The highest BCUT2D eigenvalue weighted by Crippen LogP contribution is 2.11. The molecule has 1 heterocycles. The molecule has 19 heavy (non-hydrogen) atoms. The molecular formula is C15H21N3O. The number of aromatic nitrogens is 2. The molecule has 102 valence electrons. The lowest BCUT2D eigenvalue weighted by Crippen LogP contribution is -2.34. The van der Waals surface area contributed by atoms with Gasteiger partial charge in [0.1, 0.15) is 5.75 Å². The van der Waals surface area contributed by atoms with Gasteiger partial charge >= 0.3 is 0 Å². The maximum absolute atomic E-state index is 9.24. The van der Waals surface area contributed by atoms with Crippen LogP contribution in [0.3, 0.4) is 0 Å². The van der Waals surface area contributed by atoms with Gasteiger partial charge < -0.3 is 10.4 Å². The zero-order chi connectivity index (χ0) is 13.9. The van der Waals surface area contributed by atoms with Crippen LogP contribution in [-0.4, -0.2) is 20.4 Å². The Morgan fingerprint density at radius 1 is 1.16 bits per heavy atom. The van der Waals surface area contributed by atoms with E-state index in [-0.39, 0.29) is 5.54 Å². The van der Waals surface area contributed by atoms with Gasteiger partial charge in [0, 0.05) is 23.8 Å². The fourth-order valence-corrected chi connectivity index (χ4v) is 1.74. The normalized spacial score (nSPS) is 11.7. The number of hydrogen-bond acceptors (Lipinski definition) is 3. The lowest BCUT2D eigenvalue weighted by Gasteiger charge is -2.19. The minimum Gasteiger partial charge on any atom is -0.508 e. The summed E-state index contributed by atoms with van der Waals surface area (Å²) in [7, 11) is 0. The molecule has 4 heteroatoms. The Hall–Kier alpha value is -1.81. The highest BCUT2D eigenvalue weighted by atomic mass is 16.3. The number of nitrogens with zero attached hydrogens (tertiary/aromatic N) is 2. The first-order valence-corrected chi connectivity index (χ1v) is 6.47. The van der Waals surface area contributed by atoms with Crippen molar-refractivity contribution >= 4 is 0 Å². The summed E-state index contributed by atoms with van der Waals surface area (Å²) in [5.41, 5.74) is 2.41. The van der Waals surface area contributed by atoms with Crippen LogP contribution in [0.4, 0.5) is 0 Å². The number of phenols is 1. The number of aromatic hydroxyl groups is 1. The van der Waals surface area contributed by atoms with Gasteiger partial charge in [-0.2, -0.15) is 5.10 Å². The molecule has 0 aliphatic carbocycles. The minimum atomic E-state index is 0.110. The van der Waals surface area contributed by atoms with Crippen molar-refractivity contribution in [1.82, 2.24) is 15.1 Å². The molecule has 2 N–H and O–H groups in total. The van der Waals surface area contributed by atoms with Crippen LogP contribution in [0.15, 0.2) is 36.7 Å². The maximum Gasteiger partial charge on any atom is 0.115 e. The molecule has 0 saturated heterocycles. The van der Waals surface area contributed by atoms with Crippen molar-refractivity contribution in [2.75, 3.05) is 0 Å². The van der Waals surface area contributed by atoms with Gasteiger partial charge in [-0.05, 0) is 38.5 Å². The van der Waals surface area contributed by atoms with Gasteiger partial charge in [0.15, 0.2) is 0 Å². The molecule has 0 unspecified atom stereocenters. The molecule has 0 saturated carbocycles. The second-order valence-corrected chi connectivity index (χ2v) is 5.82. The van der Waals surface area contributed by atoms with Gasteiger partial charge in [0.2, 0.25) is 0 Å². The first-order chi connectivity index (χ1) is 8.92. The molecule has 2 rings (SSSR count). The average molecular weight is 259 g/mol. The predicted molar refractivity (Wildman–Crippen MR) is 76.0 cm³/mol. The molecule has 0 atom stereocenters. The SMILES string of the molecule is CC(C)(C)NCc1cnn(Cc2ccc(O)cc2)c1. The van der Waals surface area contributed by atoms with E-state index in [1.54, 1.807) is 12.1 Å². The van der Waals surface area contributed by atoms with E-state index in [1.807, 2.05) is 29.2 Å². The quantitative estimate of drug-likeness (QED) is 0.887. The van der Waals surface area contributed by atoms with Gasteiger partial charge in [-0.25, -0.2) is 0 Å². The Morgan fingerprint density at radius 3 is 2.47 bits per heavy atom. The first-order valence-electron chi connectivity index (χ1n) is 6.47. The summed E-state index contributed by atoms with van der Waals surface area (Å²) < 4.78 is 1.91. The highest BCUT2D eigenvalue weighted by molar-refractivity contribution is 5.26. The van der Waals surface area contributed by atoms with Gasteiger partial charge in [0.25, 0.3) is 0 Å². The van der Waals surface area contributed by atoms with E-state index < -0.39 is 0 Å². The Morgan fingerprint density at radius 2 is 1.84 bits per heavy atom. The average Bonchev–Trinajstić information content (AvgIpc) is 2.77. The van der Waals surface area contributed by atoms with E-state index >= 15 is 0 Å². The van der Waals surface area contributed by atoms with Crippen LogP contribution >= 0.6 is 0 Å². The van der Waals surface area contributed by atoms with Crippen LogP contribution in [0.2, 0.25) is 0 Å². The van der Waals surface area contributed by atoms with E-state index in [4.69, 9.17) is 0 Å². The fraction of sp³-hybridized carbons (Fsp3) is 0.400. The van der Waals surface area contributed by atoms with Crippen molar-refractivity contribution < 1.29 is 5.11 Å². The van der Waals surface area contributed by atoms with E-state index in [9.17, 15) is 5.11 Å². The van der Waals surface area contributed by atoms with Crippen molar-refractivity contribution in [3.8, 4) is 5.75 Å². The second-order valence-electron chi connectivity index (χ2n) is 5.82. The summed E-state index contributed by atoms with van der Waals surface area (Å²) in [5, 5.41) is 17.0. The van der Waals surface area contributed by atoms with Crippen molar-refractivity contribution in [3.05, 3.63) is 47.8 Å².